The van der Waals surface area contributed by atoms with Crippen molar-refractivity contribution in [2.45, 2.75) is 44.6 Å². The Morgan fingerprint density at radius 3 is 2.41 bits per heavy atom. The predicted molar refractivity (Wildman–Crippen MR) is 113 cm³/mol. The van der Waals surface area contributed by atoms with Crippen LogP contribution >= 0.6 is 0 Å². The molecule has 0 heterocycles. The number of hydrazone groups is 1. The fraction of sp³-hybridized carbons (Fsp3) is 0.348. The van der Waals surface area contributed by atoms with Crippen LogP contribution in [0.4, 0.5) is 0 Å². The average molecular weight is 393 g/mol. The van der Waals surface area contributed by atoms with E-state index < -0.39 is 0 Å². The van der Waals surface area contributed by atoms with Crippen LogP contribution in [0.5, 0.6) is 5.75 Å². The number of nitrogens with one attached hydrogen (secondary N) is 2. The molecule has 6 heteroatoms. The first-order chi connectivity index (χ1) is 14.2. The lowest BCUT2D eigenvalue weighted by atomic mass is 9.95. The third kappa shape index (κ3) is 7.41. The van der Waals surface area contributed by atoms with Crippen LogP contribution < -0.4 is 15.5 Å². The summed E-state index contributed by atoms with van der Waals surface area (Å²) >= 11 is 0. The topological polar surface area (TPSA) is 79.8 Å². The highest BCUT2D eigenvalue weighted by molar-refractivity contribution is 5.83. The van der Waals surface area contributed by atoms with Gasteiger partial charge in [0.1, 0.15) is 5.75 Å². The van der Waals surface area contributed by atoms with E-state index in [1.807, 2.05) is 42.5 Å². The molecule has 0 radical (unpaired) electrons. The second-order valence-corrected chi connectivity index (χ2v) is 7.22. The fourth-order valence-electron chi connectivity index (χ4n) is 3.31. The van der Waals surface area contributed by atoms with Crippen molar-refractivity contribution in [2.75, 3.05) is 6.61 Å². The summed E-state index contributed by atoms with van der Waals surface area (Å²) in [6, 6.07) is 17.0. The molecule has 1 saturated carbocycles. The Morgan fingerprint density at radius 1 is 0.966 bits per heavy atom. The van der Waals surface area contributed by atoms with Gasteiger partial charge in [-0.25, -0.2) is 5.43 Å². The Labute approximate surface area is 171 Å². The molecule has 0 bridgehead atoms. The summed E-state index contributed by atoms with van der Waals surface area (Å²) in [6.07, 6.45) is 7.60. The van der Waals surface area contributed by atoms with Crippen molar-refractivity contribution in [3.05, 3.63) is 65.7 Å². The van der Waals surface area contributed by atoms with Crippen LogP contribution in [0.15, 0.2) is 59.7 Å². The molecule has 2 aromatic rings. The predicted octanol–water partition coefficient (Wildman–Crippen LogP) is 3.21. The van der Waals surface area contributed by atoms with E-state index in [4.69, 9.17) is 4.74 Å². The van der Waals surface area contributed by atoms with Crippen molar-refractivity contribution in [3.8, 4) is 5.75 Å². The van der Waals surface area contributed by atoms with E-state index >= 15 is 0 Å². The second kappa shape index (κ2) is 11.0. The van der Waals surface area contributed by atoms with E-state index in [0.717, 1.165) is 24.0 Å². The highest BCUT2D eigenvalue weighted by Crippen LogP contribution is 2.17. The van der Waals surface area contributed by atoms with Crippen LogP contribution in [0, 0.1) is 0 Å². The summed E-state index contributed by atoms with van der Waals surface area (Å²) < 4.78 is 5.55. The van der Waals surface area contributed by atoms with E-state index in [9.17, 15) is 9.59 Å². The Balaban J connectivity index is 1.38. The molecule has 2 aromatic carbocycles. The molecule has 6 nitrogen and oxygen atoms in total. The number of rotatable bonds is 8. The largest absolute Gasteiger partial charge is 0.484 e. The molecule has 152 valence electrons. The maximum Gasteiger partial charge on any atom is 0.258 e. The first-order valence-electron chi connectivity index (χ1n) is 10.1. The van der Waals surface area contributed by atoms with Crippen LogP contribution in [0.1, 0.15) is 43.2 Å². The van der Waals surface area contributed by atoms with Gasteiger partial charge in [-0.1, -0.05) is 49.6 Å². The van der Waals surface area contributed by atoms with E-state index in [0.29, 0.717) is 5.75 Å². The van der Waals surface area contributed by atoms with Gasteiger partial charge in [0.2, 0.25) is 5.91 Å². The van der Waals surface area contributed by atoms with E-state index in [-0.39, 0.29) is 30.9 Å². The third-order valence-electron chi connectivity index (χ3n) is 4.83. The van der Waals surface area contributed by atoms with Crippen molar-refractivity contribution < 1.29 is 14.3 Å². The lowest BCUT2D eigenvalue weighted by molar-refractivity contribution is -0.124. The van der Waals surface area contributed by atoms with Crippen LogP contribution in [-0.4, -0.2) is 30.7 Å². The molecular weight excluding hydrogens is 366 g/mol. The minimum absolute atomic E-state index is 0.0134. The Bertz CT molecular complexity index is 813. The normalized spacial score (nSPS) is 14.5. The maximum absolute atomic E-state index is 12.0. The van der Waals surface area contributed by atoms with Gasteiger partial charge in [0.05, 0.1) is 12.6 Å². The van der Waals surface area contributed by atoms with Crippen LogP contribution in [0.25, 0.3) is 0 Å². The molecule has 0 unspecified atom stereocenters. The van der Waals surface area contributed by atoms with Crippen LogP contribution in [0.3, 0.4) is 0 Å². The number of hydrogen-bond donors (Lipinski definition) is 2. The van der Waals surface area contributed by atoms with E-state index in [2.05, 4.69) is 15.8 Å². The second-order valence-electron chi connectivity index (χ2n) is 7.22. The van der Waals surface area contributed by atoms with Gasteiger partial charge in [-0.3, -0.25) is 9.59 Å². The quantitative estimate of drug-likeness (QED) is 0.534. The minimum Gasteiger partial charge on any atom is -0.484 e. The van der Waals surface area contributed by atoms with Crippen molar-refractivity contribution in [2.24, 2.45) is 5.10 Å². The van der Waals surface area contributed by atoms with Gasteiger partial charge < -0.3 is 10.1 Å². The van der Waals surface area contributed by atoms with Gasteiger partial charge in [-0.2, -0.15) is 5.10 Å². The number of carbonyl (C=O) groups is 2. The number of carbonyl (C=O) groups excluding carboxylic acids is 2. The van der Waals surface area contributed by atoms with E-state index in [1.54, 1.807) is 18.3 Å². The van der Waals surface area contributed by atoms with Crippen LogP contribution in [0.2, 0.25) is 0 Å². The standard InChI is InChI=1S/C23H27N3O3/c27-22(15-18-7-3-1-4-8-18)26-24-16-19-11-13-21(14-12-19)29-17-23(28)25-20-9-5-2-6-10-20/h1,3-4,7-8,11-14,16,20H,2,5-6,9-10,15,17H2,(H,25,28)(H,26,27)/b24-16+. The first-order valence-corrected chi connectivity index (χ1v) is 10.1. The monoisotopic (exact) mass is 393 g/mol. The number of hydrogen-bond acceptors (Lipinski definition) is 4. The highest BCUT2D eigenvalue weighted by Gasteiger charge is 2.15. The Kier molecular flexibility index (Phi) is 7.81. The summed E-state index contributed by atoms with van der Waals surface area (Å²) in [6.45, 7) is 0.0134. The van der Waals surface area contributed by atoms with Crippen LogP contribution in [-0.2, 0) is 16.0 Å². The number of ether oxygens (including phenoxy) is 1. The molecule has 0 saturated heterocycles. The number of nitrogens with zero attached hydrogens (tertiary/aromatic N) is 1. The zero-order valence-electron chi connectivity index (χ0n) is 16.5. The zero-order chi connectivity index (χ0) is 20.3. The van der Waals surface area contributed by atoms with Gasteiger partial charge in [0, 0.05) is 6.04 Å². The molecule has 2 N–H and O–H groups in total. The van der Waals surface area contributed by atoms with Gasteiger partial charge in [-0.15, -0.1) is 0 Å². The summed E-state index contributed by atoms with van der Waals surface area (Å²) in [5.41, 5.74) is 4.28. The molecule has 1 aliphatic rings. The van der Waals surface area contributed by atoms with Crippen molar-refractivity contribution in [3.63, 3.8) is 0 Å². The molecule has 1 aliphatic carbocycles. The van der Waals surface area contributed by atoms with Crippen molar-refractivity contribution >= 4 is 18.0 Å². The Hall–Kier alpha value is -3.15. The molecule has 3 rings (SSSR count). The lowest BCUT2D eigenvalue weighted by Crippen LogP contribution is -2.38. The molecule has 0 spiro atoms. The SMILES string of the molecule is O=C(Cc1ccccc1)N/N=C/c1ccc(OCC(=O)NC2CCCCC2)cc1. The summed E-state index contributed by atoms with van der Waals surface area (Å²) in [4.78, 5) is 23.9. The van der Waals surface area contributed by atoms with Gasteiger partial charge in [0.25, 0.3) is 5.91 Å². The third-order valence-corrected chi connectivity index (χ3v) is 4.83. The average Bonchev–Trinajstić information content (AvgIpc) is 2.75. The smallest absolute Gasteiger partial charge is 0.258 e. The van der Waals surface area contributed by atoms with Crippen molar-refractivity contribution in [1.82, 2.24) is 10.7 Å². The summed E-state index contributed by atoms with van der Waals surface area (Å²) in [7, 11) is 0. The first kappa shape index (κ1) is 20.6. The number of benzene rings is 2. The molecular formula is C23H27N3O3. The molecule has 0 aliphatic heterocycles. The molecule has 1 fully saturated rings. The number of amides is 2. The highest BCUT2D eigenvalue weighted by atomic mass is 16.5. The summed E-state index contributed by atoms with van der Waals surface area (Å²) in [5, 5.41) is 7.01. The molecule has 2 amide bonds. The maximum atomic E-state index is 12.0. The zero-order valence-corrected chi connectivity index (χ0v) is 16.5. The van der Waals surface area contributed by atoms with E-state index in [1.165, 1.54) is 19.3 Å². The van der Waals surface area contributed by atoms with Gasteiger partial charge in [0.15, 0.2) is 6.61 Å². The molecule has 0 atom stereocenters. The lowest BCUT2D eigenvalue weighted by Gasteiger charge is -2.22. The minimum atomic E-state index is -0.170. The molecule has 29 heavy (non-hydrogen) atoms. The summed E-state index contributed by atoms with van der Waals surface area (Å²) in [5.74, 6) is 0.370. The van der Waals surface area contributed by atoms with Gasteiger partial charge in [-0.05, 0) is 48.2 Å². The fourth-order valence-corrected chi connectivity index (χ4v) is 3.31. The molecule has 0 aromatic heterocycles. The van der Waals surface area contributed by atoms with Crippen molar-refractivity contribution in [1.29, 1.82) is 0 Å². The van der Waals surface area contributed by atoms with Gasteiger partial charge >= 0.3 is 0 Å². The Morgan fingerprint density at radius 2 is 1.69 bits per heavy atom.